The zero-order chi connectivity index (χ0) is 47.2. The van der Waals surface area contributed by atoms with Crippen LogP contribution in [0.3, 0.4) is 0 Å². The molecule has 6 nitrogen and oxygen atoms in total. The van der Waals surface area contributed by atoms with E-state index in [1.54, 1.807) is 0 Å². The molecule has 0 aromatic heterocycles. The molecule has 0 radical (unpaired) electrons. The molecule has 0 aliphatic carbocycles. The highest BCUT2D eigenvalue weighted by atomic mass is 16.6. The fraction of sp³-hybridized carbons (Fsp3) is 0.746. The molecule has 65 heavy (non-hydrogen) atoms. The number of carbonyl (C=O) groups is 3. The second-order valence-corrected chi connectivity index (χ2v) is 18.1. The summed E-state index contributed by atoms with van der Waals surface area (Å²) in [6.45, 7) is 6.49. The highest BCUT2D eigenvalue weighted by Gasteiger charge is 2.19. The van der Waals surface area contributed by atoms with Crippen molar-refractivity contribution in [3.63, 3.8) is 0 Å². The summed E-state index contributed by atoms with van der Waals surface area (Å²) in [5, 5.41) is 0. The molecule has 374 valence electrons. The van der Waals surface area contributed by atoms with Crippen LogP contribution < -0.4 is 0 Å². The van der Waals surface area contributed by atoms with Gasteiger partial charge in [-0.2, -0.15) is 0 Å². The normalized spacial score (nSPS) is 12.6. The summed E-state index contributed by atoms with van der Waals surface area (Å²) in [4.78, 5) is 37.8. The highest BCUT2D eigenvalue weighted by molar-refractivity contribution is 5.71. The van der Waals surface area contributed by atoms with Crippen LogP contribution >= 0.6 is 0 Å². The van der Waals surface area contributed by atoms with Crippen molar-refractivity contribution in [3.8, 4) is 0 Å². The average Bonchev–Trinajstić information content (AvgIpc) is 3.30. The van der Waals surface area contributed by atoms with Gasteiger partial charge in [-0.15, -0.1) is 0 Å². The Morgan fingerprint density at radius 1 is 0.323 bits per heavy atom. The van der Waals surface area contributed by atoms with Crippen LogP contribution in [-0.2, 0) is 28.6 Å². The molecule has 0 aliphatic rings. The van der Waals surface area contributed by atoms with E-state index in [9.17, 15) is 14.4 Å². The minimum atomic E-state index is -0.770. The Kier molecular flexibility index (Phi) is 50.9. The molecule has 0 amide bonds. The Hall–Kier alpha value is -3.15. The maximum atomic E-state index is 12.7. The summed E-state index contributed by atoms with van der Waals surface area (Å²) in [6, 6.07) is 0. The van der Waals surface area contributed by atoms with Gasteiger partial charge in [0.25, 0.3) is 0 Å². The van der Waals surface area contributed by atoms with Crippen LogP contribution in [0.1, 0.15) is 265 Å². The number of ether oxygens (including phenoxy) is 3. The van der Waals surface area contributed by atoms with Crippen molar-refractivity contribution >= 4 is 17.9 Å². The molecule has 0 spiro atoms. The van der Waals surface area contributed by atoms with Gasteiger partial charge in [-0.1, -0.05) is 248 Å². The smallest absolute Gasteiger partial charge is 0.306 e. The van der Waals surface area contributed by atoms with Crippen LogP contribution in [0.5, 0.6) is 0 Å². The lowest BCUT2D eigenvalue weighted by Gasteiger charge is -2.18. The van der Waals surface area contributed by atoms with Gasteiger partial charge in [-0.25, -0.2) is 0 Å². The molecular weight excluding hydrogens is 805 g/mol. The van der Waals surface area contributed by atoms with Crippen LogP contribution in [0.25, 0.3) is 0 Å². The average molecular weight is 907 g/mol. The lowest BCUT2D eigenvalue weighted by Crippen LogP contribution is -2.30. The van der Waals surface area contributed by atoms with Crippen molar-refractivity contribution in [2.75, 3.05) is 13.2 Å². The molecule has 1 unspecified atom stereocenters. The maximum absolute atomic E-state index is 12.7. The Labute approximate surface area is 402 Å². The second-order valence-electron chi connectivity index (χ2n) is 18.1. The number of allylic oxidation sites excluding steroid dienone is 12. The first kappa shape index (κ1) is 61.9. The second kappa shape index (κ2) is 53.5. The molecule has 0 N–H and O–H groups in total. The fourth-order valence-electron chi connectivity index (χ4n) is 7.62. The number of hydrogen-bond donors (Lipinski definition) is 0. The van der Waals surface area contributed by atoms with Gasteiger partial charge in [0.1, 0.15) is 13.2 Å². The van der Waals surface area contributed by atoms with Gasteiger partial charge in [-0.3, -0.25) is 14.4 Å². The molecule has 0 rings (SSSR count). The Morgan fingerprint density at radius 2 is 0.600 bits per heavy atom. The first-order valence-corrected chi connectivity index (χ1v) is 27.4. The van der Waals surface area contributed by atoms with E-state index in [-0.39, 0.29) is 31.1 Å². The summed E-state index contributed by atoms with van der Waals surface area (Å²) >= 11 is 0. The topological polar surface area (TPSA) is 78.9 Å². The van der Waals surface area contributed by atoms with Crippen molar-refractivity contribution in [1.82, 2.24) is 0 Å². The molecular formula is C59H102O6. The molecule has 0 aromatic carbocycles. The van der Waals surface area contributed by atoms with Gasteiger partial charge in [0, 0.05) is 19.3 Å². The Balaban J connectivity index is 4.10. The van der Waals surface area contributed by atoms with Gasteiger partial charge in [0.2, 0.25) is 0 Å². The van der Waals surface area contributed by atoms with E-state index >= 15 is 0 Å². The van der Waals surface area contributed by atoms with E-state index in [1.165, 1.54) is 128 Å². The van der Waals surface area contributed by atoms with Gasteiger partial charge in [0.15, 0.2) is 6.10 Å². The van der Waals surface area contributed by atoms with Crippen LogP contribution in [-0.4, -0.2) is 37.2 Å². The largest absolute Gasteiger partial charge is 0.462 e. The van der Waals surface area contributed by atoms with E-state index in [1.807, 2.05) is 0 Å². The van der Waals surface area contributed by atoms with Crippen molar-refractivity contribution in [2.45, 2.75) is 271 Å². The maximum Gasteiger partial charge on any atom is 0.306 e. The molecule has 0 aliphatic heterocycles. The number of rotatable bonds is 49. The lowest BCUT2D eigenvalue weighted by atomic mass is 10.1. The molecule has 0 saturated heterocycles. The van der Waals surface area contributed by atoms with Crippen molar-refractivity contribution in [2.24, 2.45) is 0 Å². The summed E-state index contributed by atoms with van der Waals surface area (Å²) < 4.78 is 16.7. The van der Waals surface area contributed by atoms with Gasteiger partial charge in [0.05, 0.1) is 0 Å². The van der Waals surface area contributed by atoms with Crippen LogP contribution in [0.2, 0.25) is 0 Å². The van der Waals surface area contributed by atoms with E-state index < -0.39 is 6.10 Å². The molecule has 0 fully saturated rings. The van der Waals surface area contributed by atoms with Crippen LogP contribution in [0, 0.1) is 0 Å². The third-order valence-corrected chi connectivity index (χ3v) is 11.7. The fourth-order valence-corrected chi connectivity index (χ4v) is 7.62. The molecule has 1 atom stereocenters. The van der Waals surface area contributed by atoms with E-state index in [2.05, 4.69) is 93.7 Å². The van der Waals surface area contributed by atoms with E-state index in [0.717, 1.165) is 96.3 Å². The quantitative estimate of drug-likeness (QED) is 0.0262. The summed E-state index contributed by atoms with van der Waals surface area (Å²) in [7, 11) is 0. The van der Waals surface area contributed by atoms with Crippen LogP contribution in [0.15, 0.2) is 72.9 Å². The zero-order valence-corrected chi connectivity index (χ0v) is 42.7. The number of hydrogen-bond acceptors (Lipinski definition) is 6. The van der Waals surface area contributed by atoms with E-state index in [4.69, 9.17) is 14.2 Å². The predicted octanol–water partition coefficient (Wildman–Crippen LogP) is 18.2. The van der Waals surface area contributed by atoms with Crippen LogP contribution in [0.4, 0.5) is 0 Å². The zero-order valence-electron chi connectivity index (χ0n) is 42.7. The van der Waals surface area contributed by atoms with E-state index in [0.29, 0.717) is 19.3 Å². The van der Waals surface area contributed by atoms with Crippen molar-refractivity contribution in [3.05, 3.63) is 72.9 Å². The Morgan fingerprint density at radius 3 is 0.938 bits per heavy atom. The number of esters is 3. The number of unbranched alkanes of at least 4 members (excludes halogenated alkanes) is 26. The van der Waals surface area contributed by atoms with Gasteiger partial charge < -0.3 is 14.2 Å². The molecule has 0 heterocycles. The predicted molar refractivity (Wildman–Crippen MR) is 279 cm³/mol. The summed E-state index contributed by atoms with van der Waals surface area (Å²) in [6.07, 6.45) is 67.7. The molecule has 0 saturated carbocycles. The minimum absolute atomic E-state index is 0.0729. The third kappa shape index (κ3) is 51.7. The summed E-state index contributed by atoms with van der Waals surface area (Å²) in [5.41, 5.74) is 0. The lowest BCUT2D eigenvalue weighted by molar-refractivity contribution is -0.167. The molecule has 6 heteroatoms. The monoisotopic (exact) mass is 907 g/mol. The minimum Gasteiger partial charge on any atom is -0.462 e. The summed E-state index contributed by atoms with van der Waals surface area (Å²) in [5.74, 6) is -0.879. The first-order valence-electron chi connectivity index (χ1n) is 27.4. The van der Waals surface area contributed by atoms with Gasteiger partial charge >= 0.3 is 17.9 Å². The standard InChI is InChI=1S/C59H102O6/c1-4-7-10-13-16-19-20-21-22-23-24-25-26-27-28-29-30-31-32-33-34-35-36-37-38-41-43-46-49-52-58(61)64-55-56(65-59(62)53-50-47-44-40-18-15-12-9-6-3)54-63-57(60)51-48-45-42-39-17-14-11-8-5-2/h7,10,16,19,21-22,24-25,27-28,30-31,56H,4-6,8-9,11-15,17-18,20,23,26,29,32-55H2,1-3H3/b10-7-,19-16-,22-21-,25-24-,28-27-,31-30-. The SMILES string of the molecule is CC/C=C\C/C=C\C/C=C\C/C=C\C/C=C\C/C=C\CCCCCCCCCCCCC(=O)OCC(COC(=O)CCCCCCCCCCC)OC(=O)CCCCCCCCCCC. The van der Waals surface area contributed by atoms with Crippen molar-refractivity contribution in [1.29, 1.82) is 0 Å². The van der Waals surface area contributed by atoms with Gasteiger partial charge in [-0.05, 0) is 70.6 Å². The number of carbonyl (C=O) groups excluding carboxylic acids is 3. The Bertz CT molecular complexity index is 1230. The molecule has 0 bridgehead atoms. The van der Waals surface area contributed by atoms with Crippen molar-refractivity contribution < 1.29 is 28.6 Å². The molecule has 0 aromatic rings. The first-order chi connectivity index (χ1) is 32.0. The highest BCUT2D eigenvalue weighted by Crippen LogP contribution is 2.15. The third-order valence-electron chi connectivity index (χ3n) is 11.7.